The van der Waals surface area contributed by atoms with E-state index < -0.39 is 28.5 Å². The summed E-state index contributed by atoms with van der Waals surface area (Å²) in [5, 5.41) is 3.01. The third-order valence-corrected chi connectivity index (χ3v) is 9.36. The van der Waals surface area contributed by atoms with Crippen LogP contribution in [0.25, 0.3) is 0 Å². The fourth-order valence-corrected chi connectivity index (χ4v) is 6.60. The minimum absolute atomic E-state index is 0.0681. The Morgan fingerprint density at radius 1 is 0.844 bits per heavy atom. The van der Waals surface area contributed by atoms with Crippen LogP contribution in [0.4, 0.5) is 5.69 Å². The molecule has 4 aromatic rings. The van der Waals surface area contributed by atoms with E-state index in [4.69, 9.17) is 4.74 Å². The summed E-state index contributed by atoms with van der Waals surface area (Å²) < 4.78 is 34.8. The number of amides is 2. The van der Waals surface area contributed by atoms with Crippen molar-refractivity contribution in [1.29, 1.82) is 0 Å². The average molecular weight is 628 g/mol. The van der Waals surface area contributed by atoms with Gasteiger partial charge in [-0.05, 0) is 60.4 Å². The molecule has 0 bridgehead atoms. The molecule has 0 aliphatic carbocycles. The number of para-hydroxylation sites is 1. The molecular weight excluding hydrogens is 586 g/mol. The van der Waals surface area contributed by atoms with Crippen LogP contribution >= 0.6 is 0 Å². The van der Waals surface area contributed by atoms with Gasteiger partial charge in [-0.3, -0.25) is 13.9 Å². The number of carbonyl (C=O) groups excluding carboxylic acids is 2. The summed E-state index contributed by atoms with van der Waals surface area (Å²) in [7, 11) is -2.58. The molecule has 45 heavy (non-hydrogen) atoms. The Hall–Kier alpha value is -4.63. The minimum atomic E-state index is -4.15. The predicted molar refractivity (Wildman–Crippen MR) is 178 cm³/mol. The lowest BCUT2D eigenvalue weighted by Crippen LogP contribution is -2.53. The second-order valence-corrected chi connectivity index (χ2v) is 12.7. The van der Waals surface area contributed by atoms with E-state index in [-0.39, 0.29) is 23.8 Å². The monoisotopic (exact) mass is 627 g/mol. The Bertz CT molecular complexity index is 1660. The average Bonchev–Trinajstić information content (AvgIpc) is 3.06. The molecule has 0 heterocycles. The highest BCUT2D eigenvalue weighted by Crippen LogP contribution is 2.28. The molecule has 0 aromatic heterocycles. The van der Waals surface area contributed by atoms with Crippen molar-refractivity contribution in [2.24, 2.45) is 0 Å². The summed E-state index contributed by atoms with van der Waals surface area (Å²) in [6.45, 7) is 3.89. The number of sulfonamides is 1. The van der Waals surface area contributed by atoms with Crippen molar-refractivity contribution in [2.75, 3.05) is 24.5 Å². The molecule has 4 rings (SSSR count). The molecule has 1 atom stereocenters. The van der Waals surface area contributed by atoms with Gasteiger partial charge >= 0.3 is 0 Å². The van der Waals surface area contributed by atoms with Gasteiger partial charge in [0.15, 0.2) is 0 Å². The number of anilines is 1. The van der Waals surface area contributed by atoms with Gasteiger partial charge in [0.25, 0.3) is 10.0 Å². The molecular formula is C36H41N3O5S. The van der Waals surface area contributed by atoms with Crippen molar-refractivity contribution >= 4 is 27.5 Å². The van der Waals surface area contributed by atoms with Crippen LogP contribution in [-0.2, 0) is 32.6 Å². The number of nitrogens with one attached hydrogen (secondary N) is 1. The zero-order valence-electron chi connectivity index (χ0n) is 26.1. The number of unbranched alkanes of at least 4 members (excludes halogenated alkanes) is 1. The quantitative estimate of drug-likeness (QED) is 0.169. The lowest BCUT2D eigenvalue weighted by atomic mass is 10.0. The van der Waals surface area contributed by atoms with E-state index in [1.165, 1.54) is 17.0 Å². The van der Waals surface area contributed by atoms with Gasteiger partial charge in [0.05, 0.1) is 17.7 Å². The minimum Gasteiger partial charge on any atom is -0.497 e. The lowest BCUT2D eigenvalue weighted by Gasteiger charge is -2.34. The molecule has 0 fully saturated rings. The topological polar surface area (TPSA) is 96.0 Å². The highest BCUT2D eigenvalue weighted by atomic mass is 32.2. The summed E-state index contributed by atoms with van der Waals surface area (Å²) in [6, 6.07) is 31.0. The molecule has 9 heteroatoms. The summed E-state index contributed by atoms with van der Waals surface area (Å²) in [5.41, 5.74) is 2.71. The Morgan fingerprint density at radius 3 is 2.16 bits per heavy atom. The predicted octanol–water partition coefficient (Wildman–Crippen LogP) is 5.76. The van der Waals surface area contributed by atoms with Crippen molar-refractivity contribution in [3.05, 3.63) is 126 Å². The molecule has 0 saturated carbocycles. The number of aryl methyl sites for hydroxylation is 1. The van der Waals surface area contributed by atoms with Crippen LogP contribution in [0.3, 0.4) is 0 Å². The first-order valence-corrected chi connectivity index (χ1v) is 16.6. The second kappa shape index (κ2) is 15.9. The zero-order valence-corrected chi connectivity index (χ0v) is 26.9. The molecule has 0 unspecified atom stereocenters. The zero-order chi connectivity index (χ0) is 32.2. The molecule has 0 aliphatic heterocycles. The van der Waals surface area contributed by atoms with E-state index in [0.29, 0.717) is 23.5 Å². The van der Waals surface area contributed by atoms with E-state index in [0.717, 1.165) is 28.3 Å². The maximum atomic E-state index is 14.5. The van der Waals surface area contributed by atoms with Gasteiger partial charge in [0.2, 0.25) is 11.8 Å². The van der Waals surface area contributed by atoms with Gasteiger partial charge < -0.3 is 15.0 Å². The van der Waals surface area contributed by atoms with Crippen LogP contribution in [-0.4, -0.2) is 51.4 Å². The molecule has 0 spiro atoms. The summed E-state index contributed by atoms with van der Waals surface area (Å²) >= 11 is 0. The van der Waals surface area contributed by atoms with Gasteiger partial charge in [0.1, 0.15) is 18.3 Å². The maximum Gasteiger partial charge on any atom is 0.264 e. The van der Waals surface area contributed by atoms with Crippen molar-refractivity contribution in [3.8, 4) is 5.75 Å². The first-order valence-electron chi connectivity index (χ1n) is 15.1. The highest BCUT2D eigenvalue weighted by molar-refractivity contribution is 7.92. The number of hydrogen-bond acceptors (Lipinski definition) is 5. The number of nitrogens with zero attached hydrogens (tertiary/aromatic N) is 2. The Balaban J connectivity index is 1.80. The molecule has 1 N–H and O–H groups in total. The number of ether oxygens (including phenoxy) is 1. The second-order valence-electron chi connectivity index (χ2n) is 10.8. The number of methoxy groups -OCH3 is 1. The van der Waals surface area contributed by atoms with E-state index in [2.05, 4.69) is 5.32 Å². The van der Waals surface area contributed by atoms with Gasteiger partial charge in [-0.1, -0.05) is 92.2 Å². The highest BCUT2D eigenvalue weighted by Gasteiger charge is 2.35. The smallest absolute Gasteiger partial charge is 0.264 e. The van der Waals surface area contributed by atoms with Crippen LogP contribution in [0.1, 0.15) is 36.5 Å². The summed E-state index contributed by atoms with van der Waals surface area (Å²) in [6.07, 6.45) is 1.95. The van der Waals surface area contributed by atoms with Gasteiger partial charge in [0, 0.05) is 19.5 Å². The van der Waals surface area contributed by atoms with Crippen molar-refractivity contribution in [2.45, 2.75) is 50.6 Å². The molecule has 8 nitrogen and oxygen atoms in total. The van der Waals surface area contributed by atoms with Crippen molar-refractivity contribution < 1.29 is 22.7 Å². The van der Waals surface area contributed by atoms with Crippen LogP contribution in [0.5, 0.6) is 5.75 Å². The van der Waals surface area contributed by atoms with E-state index in [1.54, 1.807) is 56.5 Å². The Labute approximate surface area is 266 Å². The summed E-state index contributed by atoms with van der Waals surface area (Å²) in [5.74, 6) is -0.191. The van der Waals surface area contributed by atoms with Crippen LogP contribution in [0.2, 0.25) is 0 Å². The van der Waals surface area contributed by atoms with Crippen LogP contribution in [0, 0.1) is 6.92 Å². The van der Waals surface area contributed by atoms with Crippen LogP contribution < -0.4 is 14.4 Å². The van der Waals surface area contributed by atoms with Crippen molar-refractivity contribution in [1.82, 2.24) is 10.2 Å². The number of carbonyl (C=O) groups is 2. The van der Waals surface area contributed by atoms with Crippen LogP contribution in [0.15, 0.2) is 114 Å². The molecule has 0 saturated heterocycles. The Morgan fingerprint density at radius 2 is 1.49 bits per heavy atom. The maximum absolute atomic E-state index is 14.5. The molecule has 236 valence electrons. The normalized spacial score (nSPS) is 11.8. The number of hydrogen-bond donors (Lipinski definition) is 1. The summed E-state index contributed by atoms with van der Waals surface area (Å²) in [4.78, 5) is 30.0. The number of rotatable bonds is 15. The molecule has 4 aromatic carbocycles. The fourth-order valence-electron chi connectivity index (χ4n) is 5.10. The molecule has 0 radical (unpaired) electrons. The van der Waals surface area contributed by atoms with E-state index in [9.17, 15) is 18.0 Å². The van der Waals surface area contributed by atoms with Gasteiger partial charge in [-0.2, -0.15) is 0 Å². The van der Waals surface area contributed by atoms with Gasteiger partial charge in [-0.15, -0.1) is 0 Å². The molecule has 0 aliphatic rings. The standard InChI is InChI=1S/C36H41N3O5S/c1-4-5-23-37-36(41)34(25-29-16-8-6-9-17-29)38(26-30-18-14-19-31(24-30)44-3)35(40)27-39(33-22-13-12-15-28(33)2)45(42,43)32-20-10-7-11-21-32/h6-22,24,34H,4-5,23,25-27H2,1-3H3,(H,37,41)/t34-/m0/s1. The van der Waals surface area contributed by atoms with E-state index >= 15 is 0 Å². The largest absolute Gasteiger partial charge is 0.497 e. The fraction of sp³-hybridized carbons (Fsp3) is 0.278. The first-order chi connectivity index (χ1) is 21.7. The van der Waals surface area contributed by atoms with Crippen molar-refractivity contribution in [3.63, 3.8) is 0 Å². The SMILES string of the molecule is CCCCNC(=O)[C@H](Cc1ccccc1)N(Cc1cccc(OC)c1)C(=O)CN(c1ccccc1C)S(=O)(=O)c1ccccc1. The Kier molecular flexibility index (Phi) is 11.8. The number of benzene rings is 4. The van der Waals surface area contributed by atoms with E-state index in [1.807, 2.05) is 61.5 Å². The third-order valence-electron chi connectivity index (χ3n) is 7.58. The third kappa shape index (κ3) is 8.73. The lowest BCUT2D eigenvalue weighted by molar-refractivity contribution is -0.140. The van der Waals surface area contributed by atoms with Gasteiger partial charge in [-0.25, -0.2) is 8.42 Å². The molecule has 2 amide bonds. The first kappa shape index (κ1) is 33.3.